The summed E-state index contributed by atoms with van der Waals surface area (Å²) in [5.41, 5.74) is 1.46. The van der Waals surface area contributed by atoms with Gasteiger partial charge in [0.2, 0.25) is 0 Å². The maximum atomic E-state index is 12.6. The average Bonchev–Trinajstić information content (AvgIpc) is 3.34. The predicted octanol–water partition coefficient (Wildman–Crippen LogP) is 1.66. The molecule has 3 aromatic rings. The van der Waals surface area contributed by atoms with Crippen LogP contribution in [-0.2, 0) is 27.2 Å². The van der Waals surface area contributed by atoms with Gasteiger partial charge in [-0.25, -0.2) is 4.79 Å². The number of aromatic nitrogens is 2. The van der Waals surface area contributed by atoms with Gasteiger partial charge < -0.3 is 9.88 Å². The normalized spacial score (nSPS) is 17.2. The van der Waals surface area contributed by atoms with Crippen LogP contribution in [0.5, 0.6) is 0 Å². The van der Waals surface area contributed by atoms with E-state index >= 15 is 0 Å². The van der Waals surface area contributed by atoms with Crippen molar-refractivity contribution in [2.24, 2.45) is 14.1 Å². The number of hydrogen-bond donors (Lipinski definition) is 1. The molecule has 1 aliphatic rings. The highest BCUT2D eigenvalue weighted by molar-refractivity contribution is 7.17. The Morgan fingerprint density at radius 1 is 1.19 bits per heavy atom. The minimum absolute atomic E-state index is 0.204. The molecule has 1 aliphatic heterocycles. The van der Waals surface area contributed by atoms with E-state index < -0.39 is 0 Å². The van der Waals surface area contributed by atoms with Gasteiger partial charge in [-0.3, -0.25) is 14.3 Å². The van der Waals surface area contributed by atoms with Gasteiger partial charge in [-0.05, 0) is 35.4 Å². The lowest BCUT2D eigenvalue weighted by Gasteiger charge is -2.28. The van der Waals surface area contributed by atoms with Gasteiger partial charge in [-0.15, -0.1) is 11.3 Å². The molecular weight excluding hydrogens is 360 g/mol. The van der Waals surface area contributed by atoms with Crippen LogP contribution in [0.3, 0.4) is 0 Å². The minimum atomic E-state index is -0.290. The fourth-order valence-corrected chi connectivity index (χ4v) is 4.80. The summed E-state index contributed by atoms with van der Waals surface area (Å²) < 4.78 is 3.97. The van der Waals surface area contributed by atoms with Crippen LogP contribution in [0.25, 0.3) is 10.1 Å². The third-order valence-electron chi connectivity index (χ3n) is 5.38. The van der Waals surface area contributed by atoms with Crippen LogP contribution < -0.4 is 16.6 Å². The Hall–Kier alpha value is -2.22. The Kier molecular flexibility index (Phi) is 4.99. The van der Waals surface area contributed by atoms with E-state index in [1.807, 2.05) is 0 Å². The number of nitrogens with one attached hydrogen (secondary N) is 1. The Morgan fingerprint density at radius 2 is 1.96 bits per heavy atom. The highest BCUT2D eigenvalue weighted by Gasteiger charge is 2.24. The maximum absolute atomic E-state index is 12.6. The van der Waals surface area contributed by atoms with Gasteiger partial charge in [0.25, 0.3) is 5.56 Å². The summed E-state index contributed by atoms with van der Waals surface area (Å²) in [5, 5.41) is 6.93. The zero-order valence-corrected chi connectivity index (χ0v) is 16.5. The minimum Gasteiger partial charge on any atom is -0.315 e. The van der Waals surface area contributed by atoms with Gasteiger partial charge in [0, 0.05) is 56.2 Å². The monoisotopic (exact) mass is 384 g/mol. The first-order valence-electron chi connectivity index (χ1n) is 9.20. The molecule has 0 saturated carbocycles. The van der Waals surface area contributed by atoms with E-state index in [9.17, 15) is 9.59 Å². The fourth-order valence-electron chi connectivity index (χ4n) is 3.85. The molecule has 7 heteroatoms. The summed E-state index contributed by atoms with van der Waals surface area (Å²) in [6.07, 6.45) is 2.75. The first kappa shape index (κ1) is 18.2. The molecule has 142 valence electrons. The lowest BCUT2D eigenvalue weighted by atomic mass is 10.1. The van der Waals surface area contributed by atoms with Crippen LogP contribution in [0.4, 0.5) is 0 Å². The number of benzene rings is 1. The van der Waals surface area contributed by atoms with Crippen LogP contribution >= 0.6 is 11.3 Å². The summed E-state index contributed by atoms with van der Waals surface area (Å²) in [7, 11) is 3.24. The van der Waals surface area contributed by atoms with Crippen molar-refractivity contribution in [1.82, 2.24) is 19.4 Å². The molecule has 0 bridgehead atoms. The van der Waals surface area contributed by atoms with Crippen molar-refractivity contribution < 1.29 is 0 Å². The third kappa shape index (κ3) is 3.50. The standard InChI is InChI=1S/C20H24N4O2S/c1-22-10-14(19(25)23(2)20(22)26)11-24(16-7-8-21-9-16)12-15-13-27-18-6-4-3-5-17(15)18/h3-6,10,13,16,21H,7-9,11-12H2,1-2H3. The van der Waals surface area contributed by atoms with Crippen molar-refractivity contribution in [1.29, 1.82) is 0 Å². The average molecular weight is 385 g/mol. The molecule has 6 nitrogen and oxygen atoms in total. The second kappa shape index (κ2) is 7.42. The van der Waals surface area contributed by atoms with Crippen molar-refractivity contribution in [2.45, 2.75) is 25.6 Å². The molecule has 1 saturated heterocycles. The van der Waals surface area contributed by atoms with Crippen LogP contribution in [-0.4, -0.2) is 33.2 Å². The Morgan fingerprint density at radius 3 is 2.74 bits per heavy atom. The molecule has 4 rings (SSSR count). The van der Waals surface area contributed by atoms with Gasteiger partial charge in [-0.2, -0.15) is 0 Å². The SMILES string of the molecule is Cn1cc(CN(Cc2csc3ccccc23)C2CCNC2)c(=O)n(C)c1=O. The summed E-state index contributed by atoms with van der Waals surface area (Å²) in [5.74, 6) is 0. The predicted molar refractivity (Wildman–Crippen MR) is 109 cm³/mol. The maximum Gasteiger partial charge on any atom is 0.330 e. The Bertz CT molecular complexity index is 1080. The Balaban J connectivity index is 1.68. The topological polar surface area (TPSA) is 59.3 Å². The number of rotatable bonds is 5. The molecule has 1 aromatic carbocycles. The third-order valence-corrected chi connectivity index (χ3v) is 6.39. The highest BCUT2D eigenvalue weighted by Crippen LogP contribution is 2.28. The number of aryl methyl sites for hydroxylation is 1. The van der Waals surface area contributed by atoms with E-state index in [0.717, 1.165) is 26.1 Å². The molecule has 1 unspecified atom stereocenters. The van der Waals surface area contributed by atoms with Crippen molar-refractivity contribution in [3.8, 4) is 0 Å². The largest absolute Gasteiger partial charge is 0.330 e. The lowest BCUT2D eigenvalue weighted by Crippen LogP contribution is -2.42. The zero-order valence-electron chi connectivity index (χ0n) is 15.6. The molecule has 0 aliphatic carbocycles. The van der Waals surface area contributed by atoms with Gasteiger partial charge >= 0.3 is 5.69 Å². The second-order valence-electron chi connectivity index (χ2n) is 7.22. The van der Waals surface area contributed by atoms with Crippen molar-refractivity contribution in [3.63, 3.8) is 0 Å². The first-order chi connectivity index (χ1) is 13.0. The second-order valence-corrected chi connectivity index (χ2v) is 8.13. The fraction of sp³-hybridized carbons (Fsp3) is 0.400. The summed E-state index contributed by atoms with van der Waals surface area (Å²) in [6, 6.07) is 8.83. The number of hydrogen-bond acceptors (Lipinski definition) is 5. The quantitative estimate of drug-likeness (QED) is 0.727. The summed E-state index contributed by atoms with van der Waals surface area (Å²) in [4.78, 5) is 27.0. The van der Waals surface area contributed by atoms with E-state index in [1.165, 1.54) is 24.8 Å². The van der Waals surface area contributed by atoms with Gasteiger partial charge in [-0.1, -0.05) is 18.2 Å². The smallest absolute Gasteiger partial charge is 0.315 e. The van der Waals surface area contributed by atoms with E-state index in [1.54, 1.807) is 31.6 Å². The first-order valence-corrected chi connectivity index (χ1v) is 10.1. The van der Waals surface area contributed by atoms with E-state index in [2.05, 4.69) is 39.9 Å². The summed E-state index contributed by atoms with van der Waals surface area (Å²) >= 11 is 1.76. The zero-order chi connectivity index (χ0) is 19.0. The molecule has 0 amide bonds. The number of fused-ring (bicyclic) bond motifs is 1. The van der Waals surface area contributed by atoms with Gasteiger partial charge in [0.15, 0.2) is 0 Å². The number of thiophene rings is 1. The highest BCUT2D eigenvalue weighted by atomic mass is 32.1. The van der Waals surface area contributed by atoms with Crippen molar-refractivity contribution in [2.75, 3.05) is 13.1 Å². The molecule has 1 atom stereocenters. The Labute approximate surface area is 161 Å². The van der Waals surface area contributed by atoms with E-state index in [4.69, 9.17) is 0 Å². The van der Waals surface area contributed by atoms with Crippen molar-refractivity contribution >= 4 is 21.4 Å². The molecule has 0 spiro atoms. The molecule has 3 heterocycles. The molecule has 0 radical (unpaired) electrons. The number of nitrogens with zero attached hydrogens (tertiary/aromatic N) is 3. The van der Waals surface area contributed by atoms with E-state index in [0.29, 0.717) is 18.2 Å². The van der Waals surface area contributed by atoms with Crippen LogP contribution in [0.2, 0.25) is 0 Å². The van der Waals surface area contributed by atoms with Crippen LogP contribution in [0.1, 0.15) is 17.5 Å². The van der Waals surface area contributed by atoms with Gasteiger partial charge in [0.1, 0.15) is 0 Å². The van der Waals surface area contributed by atoms with Crippen LogP contribution in [0.15, 0.2) is 45.4 Å². The van der Waals surface area contributed by atoms with Crippen LogP contribution in [0, 0.1) is 0 Å². The molecule has 2 aromatic heterocycles. The van der Waals surface area contributed by atoms with E-state index in [-0.39, 0.29) is 11.2 Å². The molecule has 1 N–H and O–H groups in total. The summed E-state index contributed by atoms with van der Waals surface area (Å²) in [6.45, 7) is 3.25. The molecule has 1 fully saturated rings. The molecule has 27 heavy (non-hydrogen) atoms. The molecular formula is C20H24N4O2S. The van der Waals surface area contributed by atoms with Gasteiger partial charge in [0.05, 0.1) is 0 Å². The lowest BCUT2D eigenvalue weighted by molar-refractivity contribution is 0.189. The van der Waals surface area contributed by atoms with Crippen molar-refractivity contribution in [3.05, 3.63) is 67.8 Å².